The molecule has 0 aliphatic rings. The SMILES string of the molecule is CC(C)CCCC(C)NC(N)=NCc1cccc(N(C)C)n1. The van der Waals surface area contributed by atoms with Crippen LogP contribution in [0.25, 0.3) is 0 Å². The van der Waals surface area contributed by atoms with Crippen LogP contribution < -0.4 is 16.0 Å². The van der Waals surface area contributed by atoms with Crippen LogP contribution in [0.1, 0.15) is 45.7 Å². The lowest BCUT2D eigenvalue weighted by Crippen LogP contribution is -2.38. The number of hydrogen-bond acceptors (Lipinski definition) is 3. The fourth-order valence-electron chi connectivity index (χ4n) is 2.17. The Labute approximate surface area is 135 Å². The molecule has 3 N–H and O–H groups in total. The lowest BCUT2D eigenvalue weighted by Gasteiger charge is -2.15. The number of nitrogens with zero attached hydrogens (tertiary/aromatic N) is 3. The molecule has 0 aliphatic heterocycles. The summed E-state index contributed by atoms with van der Waals surface area (Å²) in [6.07, 6.45) is 3.58. The minimum atomic E-state index is 0.351. The van der Waals surface area contributed by atoms with Crippen molar-refractivity contribution in [3.63, 3.8) is 0 Å². The first-order chi connectivity index (χ1) is 10.4. The second kappa shape index (κ2) is 9.28. The van der Waals surface area contributed by atoms with Crippen LogP contribution in [0.15, 0.2) is 23.2 Å². The van der Waals surface area contributed by atoms with Crippen molar-refractivity contribution in [3.8, 4) is 0 Å². The van der Waals surface area contributed by atoms with Crippen molar-refractivity contribution in [2.24, 2.45) is 16.6 Å². The number of aliphatic imine (C=N–C) groups is 1. The van der Waals surface area contributed by atoms with E-state index in [0.717, 1.165) is 23.9 Å². The average Bonchev–Trinajstić information content (AvgIpc) is 2.45. The summed E-state index contributed by atoms with van der Waals surface area (Å²) in [4.78, 5) is 10.9. The summed E-state index contributed by atoms with van der Waals surface area (Å²) in [6, 6.07) is 6.29. The molecule has 1 aromatic heterocycles. The van der Waals surface area contributed by atoms with E-state index in [0.29, 0.717) is 18.5 Å². The van der Waals surface area contributed by atoms with Gasteiger partial charge < -0.3 is 16.0 Å². The highest BCUT2D eigenvalue weighted by Gasteiger charge is 2.04. The number of hydrogen-bond donors (Lipinski definition) is 2. The van der Waals surface area contributed by atoms with E-state index in [1.807, 2.05) is 37.2 Å². The Hall–Kier alpha value is -1.78. The van der Waals surface area contributed by atoms with Crippen LogP contribution in [0.4, 0.5) is 5.82 Å². The fraction of sp³-hybridized carbons (Fsp3) is 0.647. The molecule has 0 aromatic carbocycles. The van der Waals surface area contributed by atoms with Crippen molar-refractivity contribution in [1.29, 1.82) is 0 Å². The van der Waals surface area contributed by atoms with Crippen LogP contribution in [0, 0.1) is 5.92 Å². The van der Waals surface area contributed by atoms with E-state index in [1.54, 1.807) is 0 Å². The third-order valence-corrected chi connectivity index (χ3v) is 3.47. The summed E-state index contributed by atoms with van der Waals surface area (Å²) in [5.74, 6) is 2.18. The molecule has 0 aliphatic carbocycles. The number of nitrogens with one attached hydrogen (secondary N) is 1. The number of nitrogens with two attached hydrogens (primary N) is 1. The van der Waals surface area contributed by atoms with Crippen LogP contribution in [0.3, 0.4) is 0 Å². The zero-order valence-corrected chi connectivity index (χ0v) is 14.6. The van der Waals surface area contributed by atoms with Gasteiger partial charge in [-0.2, -0.15) is 0 Å². The van der Waals surface area contributed by atoms with Crippen LogP contribution in [-0.4, -0.2) is 31.1 Å². The summed E-state index contributed by atoms with van der Waals surface area (Å²) in [5, 5.41) is 3.25. The Balaban J connectivity index is 2.43. The van der Waals surface area contributed by atoms with Crippen LogP contribution in [0.5, 0.6) is 0 Å². The first kappa shape index (κ1) is 18.3. The summed E-state index contributed by atoms with van der Waals surface area (Å²) < 4.78 is 0. The molecule has 5 nitrogen and oxygen atoms in total. The Kier molecular flexibility index (Phi) is 7.71. The molecule has 124 valence electrons. The molecule has 22 heavy (non-hydrogen) atoms. The Morgan fingerprint density at radius 2 is 2.00 bits per heavy atom. The molecule has 0 fully saturated rings. The van der Waals surface area contributed by atoms with Crippen molar-refractivity contribution in [1.82, 2.24) is 10.3 Å². The van der Waals surface area contributed by atoms with Gasteiger partial charge in [-0.15, -0.1) is 0 Å². The highest BCUT2D eigenvalue weighted by atomic mass is 15.1. The quantitative estimate of drug-likeness (QED) is 0.572. The van der Waals surface area contributed by atoms with E-state index >= 15 is 0 Å². The van der Waals surface area contributed by atoms with E-state index in [4.69, 9.17) is 5.73 Å². The van der Waals surface area contributed by atoms with Gasteiger partial charge in [-0.25, -0.2) is 9.98 Å². The maximum atomic E-state index is 5.95. The van der Waals surface area contributed by atoms with E-state index in [-0.39, 0.29) is 0 Å². The van der Waals surface area contributed by atoms with E-state index in [9.17, 15) is 0 Å². The lowest BCUT2D eigenvalue weighted by atomic mass is 10.0. The van der Waals surface area contributed by atoms with Crippen molar-refractivity contribution in [2.45, 2.75) is 52.6 Å². The molecule has 0 radical (unpaired) electrons. The van der Waals surface area contributed by atoms with Gasteiger partial charge in [0.2, 0.25) is 0 Å². The predicted molar refractivity (Wildman–Crippen MR) is 95.2 cm³/mol. The van der Waals surface area contributed by atoms with Crippen molar-refractivity contribution in [3.05, 3.63) is 23.9 Å². The minimum Gasteiger partial charge on any atom is -0.370 e. The molecule has 1 aromatic rings. The van der Waals surface area contributed by atoms with Gasteiger partial charge in [0.05, 0.1) is 12.2 Å². The second-order valence-corrected chi connectivity index (χ2v) is 6.45. The number of guanidine groups is 1. The van der Waals surface area contributed by atoms with Crippen molar-refractivity contribution < 1.29 is 0 Å². The van der Waals surface area contributed by atoms with E-state index in [1.165, 1.54) is 12.8 Å². The van der Waals surface area contributed by atoms with Gasteiger partial charge in [0.25, 0.3) is 0 Å². The normalized spacial score (nSPS) is 13.3. The molecular weight excluding hydrogens is 274 g/mol. The zero-order chi connectivity index (χ0) is 16.5. The molecule has 0 saturated heterocycles. The van der Waals surface area contributed by atoms with Gasteiger partial charge in [0.1, 0.15) is 5.82 Å². The highest BCUT2D eigenvalue weighted by Crippen LogP contribution is 2.09. The van der Waals surface area contributed by atoms with Crippen LogP contribution in [0.2, 0.25) is 0 Å². The van der Waals surface area contributed by atoms with Crippen molar-refractivity contribution >= 4 is 11.8 Å². The maximum Gasteiger partial charge on any atom is 0.189 e. The molecule has 0 bridgehead atoms. The molecule has 1 heterocycles. The highest BCUT2D eigenvalue weighted by molar-refractivity contribution is 5.78. The fourth-order valence-corrected chi connectivity index (χ4v) is 2.17. The van der Waals surface area contributed by atoms with Gasteiger partial charge >= 0.3 is 0 Å². The monoisotopic (exact) mass is 305 g/mol. The minimum absolute atomic E-state index is 0.351. The standard InChI is InChI=1S/C17H31N5/c1-13(2)8-6-9-14(3)20-17(18)19-12-15-10-7-11-16(21-15)22(4)5/h7,10-11,13-14H,6,8-9,12H2,1-5H3,(H3,18,19,20). The van der Waals surface area contributed by atoms with Gasteiger partial charge in [-0.1, -0.05) is 32.8 Å². The topological polar surface area (TPSA) is 66.5 Å². The lowest BCUT2D eigenvalue weighted by molar-refractivity contribution is 0.493. The summed E-state index contributed by atoms with van der Waals surface area (Å²) in [5.41, 5.74) is 6.87. The maximum absolute atomic E-state index is 5.95. The molecule has 1 rings (SSSR count). The molecule has 0 saturated carbocycles. The Morgan fingerprint density at radius 3 is 2.64 bits per heavy atom. The number of rotatable bonds is 8. The van der Waals surface area contributed by atoms with Crippen molar-refractivity contribution in [2.75, 3.05) is 19.0 Å². The number of aromatic nitrogens is 1. The van der Waals surface area contributed by atoms with Crippen LogP contribution in [-0.2, 0) is 6.54 Å². The molecule has 0 spiro atoms. The smallest absolute Gasteiger partial charge is 0.189 e. The third-order valence-electron chi connectivity index (χ3n) is 3.47. The second-order valence-electron chi connectivity index (χ2n) is 6.45. The molecule has 1 unspecified atom stereocenters. The molecule has 5 heteroatoms. The molecular formula is C17H31N5. The molecule has 0 amide bonds. The first-order valence-electron chi connectivity index (χ1n) is 8.08. The summed E-state index contributed by atoms with van der Waals surface area (Å²) in [7, 11) is 3.95. The Morgan fingerprint density at radius 1 is 1.27 bits per heavy atom. The van der Waals surface area contributed by atoms with Crippen LogP contribution >= 0.6 is 0 Å². The summed E-state index contributed by atoms with van der Waals surface area (Å²) in [6.45, 7) is 7.15. The van der Waals surface area contributed by atoms with Gasteiger partial charge in [0.15, 0.2) is 5.96 Å². The van der Waals surface area contributed by atoms with Gasteiger partial charge in [-0.05, 0) is 31.4 Å². The molecule has 1 atom stereocenters. The Bertz CT molecular complexity index is 468. The summed E-state index contributed by atoms with van der Waals surface area (Å²) >= 11 is 0. The van der Waals surface area contributed by atoms with Gasteiger partial charge in [0, 0.05) is 20.1 Å². The van der Waals surface area contributed by atoms with E-state index in [2.05, 4.69) is 36.1 Å². The largest absolute Gasteiger partial charge is 0.370 e. The van der Waals surface area contributed by atoms with Gasteiger partial charge in [-0.3, -0.25) is 0 Å². The third kappa shape index (κ3) is 7.29. The number of anilines is 1. The average molecular weight is 305 g/mol. The first-order valence-corrected chi connectivity index (χ1v) is 8.08. The predicted octanol–water partition coefficient (Wildman–Crippen LogP) is 2.77. The number of pyridine rings is 1. The van der Waals surface area contributed by atoms with E-state index < -0.39 is 0 Å². The zero-order valence-electron chi connectivity index (χ0n) is 14.6.